The first-order valence-electron chi connectivity index (χ1n) is 6.98. The van der Waals surface area contributed by atoms with Crippen molar-refractivity contribution in [2.24, 2.45) is 0 Å². The molecular formula is C15H20N2O2. The van der Waals surface area contributed by atoms with E-state index in [0.29, 0.717) is 31.7 Å². The van der Waals surface area contributed by atoms with E-state index >= 15 is 0 Å². The number of carbonyl (C=O) groups is 1. The Morgan fingerprint density at radius 3 is 2.74 bits per heavy atom. The van der Waals surface area contributed by atoms with Crippen LogP contribution in [-0.2, 0) is 9.53 Å². The van der Waals surface area contributed by atoms with Gasteiger partial charge in [-0.3, -0.25) is 4.79 Å². The third-order valence-corrected chi connectivity index (χ3v) is 3.90. The fourth-order valence-electron chi connectivity index (χ4n) is 2.63. The van der Waals surface area contributed by atoms with Crippen LogP contribution >= 0.6 is 0 Å². The van der Waals surface area contributed by atoms with Gasteiger partial charge in [0.1, 0.15) is 0 Å². The SMILES string of the molecule is O=C(CN[C@H]1C[C@@H]1c1ccccc1)N1CCOCC1. The molecule has 102 valence electrons. The highest BCUT2D eigenvalue weighted by Crippen LogP contribution is 2.40. The molecule has 0 spiro atoms. The van der Waals surface area contributed by atoms with Crippen molar-refractivity contribution in [2.75, 3.05) is 32.8 Å². The van der Waals surface area contributed by atoms with Crippen LogP contribution in [0.25, 0.3) is 0 Å². The summed E-state index contributed by atoms with van der Waals surface area (Å²) in [6.07, 6.45) is 1.14. The molecule has 1 saturated heterocycles. The maximum Gasteiger partial charge on any atom is 0.236 e. The van der Waals surface area contributed by atoms with Crippen LogP contribution in [0, 0.1) is 0 Å². The largest absolute Gasteiger partial charge is 0.378 e. The normalized spacial score (nSPS) is 26.2. The van der Waals surface area contributed by atoms with Crippen molar-refractivity contribution in [1.82, 2.24) is 10.2 Å². The molecule has 1 N–H and O–H groups in total. The summed E-state index contributed by atoms with van der Waals surface area (Å²) in [5.74, 6) is 0.778. The summed E-state index contributed by atoms with van der Waals surface area (Å²) < 4.78 is 5.25. The second kappa shape index (κ2) is 5.72. The van der Waals surface area contributed by atoms with Crippen LogP contribution in [0.2, 0.25) is 0 Å². The first-order valence-corrected chi connectivity index (χ1v) is 6.98. The molecule has 1 heterocycles. The molecule has 0 bridgehead atoms. The Kier molecular flexibility index (Phi) is 3.80. The van der Waals surface area contributed by atoms with Crippen molar-refractivity contribution in [2.45, 2.75) is 18.4 Å². The number of hydrogen-bond acceptors (Lipinski definition) is 3. The van der Waals surface area contributed by atoms with E-state index in [1.54, 1.807) is 0 Å². The molecule has 1 saturated carbocycles. The second-order valence-corrected chi connectivity index (χ2v) is 5.23. The van der Waals surface area contributed by atoms with Crippen molar-refractivity contribution in [3.05, 3.63) is 35.9 Å². The molecule has 3 rings (SSSR count). The van der Waals surface area contributed by atoms with Crippen LogP contribution in [0.5, 0.6) is 0 Å². The molecule has 1 aromatic carbocycles. The molecule has 4 heteroatoms. The maximum absolute atomic E-state index is 12.0. The molecule has 0 radical (unpaired) electrons. The molecule has 2 atom stereocenters. The van der Waals surface area contributed by atoms with Crippen LogP contribution in [0.15, 0.2) is 30.3 Å². The predicted octanol–water partition coefficient (Wildman–Crippen LogP) is 0.991. The van der Waals surface area contributed by atoms with Gasteiger partial charge >= 0.3 is 0 Å². The highest BCUT2D eigenvalue weighted by Gasteiger charge is 2.38. The monoisotopic (exact) mass is 260 g/mol. The number of nitrogens with one attached hydrogen (secondary N) is 1. The maximum atomic E-state index is 12.0. The van der Waals surface area contributed by atoms with Crippen molar-refractivity contribution in [3.63, 3.8) is 0 Å². The Morgan fingerprint density at radius 2 is 2.00 bits per heavy atom. The van der Waals surface area contributed by atoms with E-state index < -0.39 is 0 Å². The number of hydrogen-bond donors (Lipinski definition) is 1. The Balaban J connectivity index is 1.43. The third kappa shape index (κ3) is 3.14. The molecule has 1 aromatic rings. The number of carbonyl (C=O) groups excluding carboxylic acids is 1. The minimum atomic E-state index is 0.196. The highest BCUT2D eigenvalue weighted by atomic mass is 16.5. The number of ether oxygens (including phenoxy) is 1. The van der Waals surface area contributed by atoms with Crippen molar-refractivity contribution in [3.8, 4) is 0 Å². The Hall–Kier alpha value is -1.39. The Labute approximate surface area is 113 Å². The zero-order valence-electron chi connectivity index (χ0n) is 11.0. The Morgan fingerprint density at radius 1 is 1.26 bits per heavy atom. The fourth-order valence-corrected chi connectivity index (χ4v) is 2.63. The number of nitrogens with zero attached hydrogens (tertiary/aromatic N) is 1. The Bertz CT molecular complexity index is 429. The second-order valence-electron chi connectivity index (χ2n) is 5.23. The molecule has 4 nitrogen and oxygen atoms in total. The van der Waals surface area contributed by atoms with Crippen molar-refractivity contribution < 1.29 is 9.53 Å². The lowest BCUT2D eigenvalue weighted by Gasteiger charge is -2.27. The van der Waals surface area contributed by atoms with Crippen LogP contribution in [0.1, 0.15) is 17.9 Å². The van der Waals surface area contributed by atoms with Gasteiger partial charge in [0.15, 0.2) is 0 Å². The van der Waals surface area contributed by atoms with E-state index in [4.69, 9.17) is 4.74 Å². The lowest BCUT2D eigenvalue weighted by molar-refractivity contribution is -0.134. The van der Waals surface area contributed by atoms with E-state index in [-0.39, 0.29) is 5.91 Å². The molecule has 2 fully saturated rings. The average Bonchev–Trinajstić information content (AvgIpc) is 3.26. The first kappa shape index (κ1) is 12.6. The van der Waals surface area contributed by atoms with Gasteiger partial charge in [-0.1, -0.05) is 30.3 Å². The van der Waals surface area contributed by atoms with E-state index in [1.165, 1.54) is 5.56 Å². The predicted molar refractivity (Wildman–Crippen MR) is 73.0 cm³/mol. The number of morpholine rings is 1. The van der Waals surface area contributed by atoms with Crippen LogP contribution in [0.4, 0.5) is 0 Å². The average molecular weight is 260 g/mol. The minimum absolute atomic E-state index is 0.196. The van der Waals surface area contributed by atoms with Crippen LogP contribution in [0.3, 0.4) is 0 Å². The van der Waals surface area contributed by atoms with Gasteiger partial charge in [0.2, 0.25) is 5.91 Å². The summed E-state index contributed by atoms with van der Waals surface area (Å²) in [7, 11) is 0. The lowest BCUT2D eigenvalue weighted by Crippen LogP contribution is -2.45. The molecule has 1 aliphatic heterocycles. The topological polar surface area (TPSA) is 41.6 Å². The number of amides is 1. The zero-order valence-corrected chi connectivity index (χ0v) is 11.0. The van der Waals surface area contributed by atoms with E-state index in [9.17, 15) is 4.79 Å². The highest BCUT2D eigenvalue weighted by molar-refractivity contribution is 5.78. The third-order valence-electron chi connectivity index (χ3n) is 3.90. The first-order chi connectivity index (χ1) is 9.34. The van der Waals surface area contributed by atoms with E-state index in [2.05, 4.69) is 29.6 Å². The van der Waals surface area contributed by atoms with E-state index in [1.807, 2.05) is 11.0 Å². The van der Waals surface area contributed by atoms with Crippen LogP contribution in [-0.4, -0.2) is 49.7 Å². The fraction of sp³-hybridized carbons (Fsp3) is 0.533. The quantitative estimate of drug-likeness (QED) is 0.878. The van der Waals surface area contributed by atoms with Gasteiger partial charge in [-0.2, -0.15) is 0 Å². The molecule has 1 amide bonds. The molecule has 1 aliphatic carbocycles. The van der Waals surface area contributed by atoms with E-state index in [0.717, 1.165) is 19.5 Å². The summed E-state index contributed by atoms with van der Waals surface area (Å²) in [4.78, 5) is 13.9. The number of rotatable bonds is 4. The summed E-state index contributed by atoms with van der Waals surface area (Å²) in [6.45, 7) is 3.25. The van der Waals surface area contributed by atoms with Gasteiger partial charge in [0.25, 0.3) is 0 Å². The summed E-state index contributed by atoms with van der Waals surface area (Å²) in [5, 5.41) is 3.37. The van der Waals surface area contributed by atoms with Gasteiger partial charge in [0.05, 0.1) is 19.8 Å². The van der Waals surface area contributed by atoms with Gasteiger partial charge < -0.3 is 15.0 Å². The molecule has 0 unspecified atom stereocenters. The molecule has 19 heavy (non-hydrogen) atoms. The summed E-state index contributed by atoms with van der Waals surface area (Å²) in [6, 6.07) is 11.0. The van der Waals surface area contributed by atoms with Crippen molar-refractivity contribution in [1.29, 1.82) is 0 Å². The summed E-state index contributed by atoms with van der Waals surface area (Å²) in [5.41, 5.74) is 1.37. The zero-order chi connectivity index (χ0) is 13.1. The van der Waals surface area contributed by atoms with Gasteiger partial charge in [-0.05, 0) is 12.0 Å². The van der Waals surface area contributed by atoms with Crippen molar-refractivity contribution >= 4 is 5.91 Å². The smallest absolute Gasteiger partial charge is 0.236 e. The van der Waals surface area contributed by atoms with Gasteiger partial charge in [0, 0.05) is 25.0 Å². The van der Waals surface area contributed by atoms with Crippen LogP contribution < -0.4 is 5.32 Å². The lowest BCUT2D eigenvalue weighted by atomic mass is 10.1. The molecular weight excluding hydrogens is 240 g/mol. The molecule has 0 aromatic heterocycles. The molecule has 2 aliphatic rings. The standard InChI is InChI=1S/C15H20N2O2/c18-15(17-6-8-19-9-7-17)11-16-14-10-13(14)12-4-2-1-3-5-12/h1-5,13-14,16H,6-11H2/t13-,14+/m1/s1. The summed E-state index contributed by atoms with van der Waals surface area (Å²) >= 11 is 0. The minimum Gasteiger partial charge on any atom is -0.378 e. The van der Waals surface area contributed by atoms with Gasteiger partial charge in [-0.25, -0.2) is 0 Å². The van der Waals surface area contributed by atoms with Gasteiger partial charge in [-0.15, -0.1) is 0 Å². The number of benzene rings is 1.